The van der Waals surface area contributed by atoms with Crippen LogP contribution in [0.5, 0.6) is 0 Å². The Morgan fingerprint density at radius 3 is 2.60 bits per heavy atom. The molecule has 0 fully saturated rings. The smallest absolute Gasteiger partial charge is 0.289 e. The van der Waals surface area contributed by atoms with Crippen LogP contribution in [0.1, 0.15) is 21.5 Å². The highest BCUT2D eigenvalue weighted by atomic mass is 32.1. The van der Waals surface area contributed by atoms with E-state index in [4.69, 9.17) is 5.26 Å². The summed E-state index contributed by atoms with van der Waals surface area (Å²) < 4.78 is 0. The molecule has 20 heavy (non-hydrogen) atoms. The van der Waals surface area contributed by atoms with Gasteiger partial charge in [-0.25, -0.2) is 0 Å². The molecule has 6 heteroatoms. The molecule has 2 rings (SSSR count). The normalized spacial score (nSPS) is 10.3. The molecule has 0 atom stereocenters. The summed E-state index contributed by atoms with van der Waals surface area (Å²) in [5.74, 6) is -0.219. The molecule has 0 amide bonds. The van der Waals surface area contributed by atoms with E-state index in [2.05, 4.69) is 0 Å². The second kappa shape index (κ2) is 5.91. The maximum absolute atomic E-state index is 11.9. The summed E-state index contributed by atoms with van der Waals surface area (Å²) in [5, 5.41) is 20.8. The Morgan fingerprint density at radius 2 is 2.05 bits per heavy atom. The van der Waals surface area contributed by atoms with Gasteiger partial charge < -0.3 is 0 Å². The van der Waals surface area contributed by atoms with Gasteiger partial charge in [-0.2, -0.15) is 5.26 Å². The first kappa shape index (κ1) is 13.6. The molecule has 0 aliphatic carbocycles. The number of hydrogen-bond donors (Lipinski definition) is 0. The van der Waals surface area contributed by atoms with E-state index in [0.29, 0.717) is 16.7 Å². The van der Waals surface area contributed by atoms with Crippen molar-refractivity contribution in [2.24, 2.45) is 0 Å². The third-order valence-electron chi connectivity index (χ3n) is 2.51. The summed E-state index contributed by atoms with van der Waals surface area (Å²) in [6, 6.07) is 9.66. The zero-order valence-corrected chi connectivity index (χ0v) is 11.0. The van der Waals surface area contributed by atoms with Gasteiger partial charge in [0.25, 0.3) is 0 Å². The predicted molar refractivity (Wildman–Crippen MR) is 75.5 cm³/mol. The second-order valence-corrected chi connectivity index (χ2v) is 4.75. The van der Waals surface area contributed by atoms with Crippen molar-refractivity contribution in [3.63, 3.8) is 0 Å². The highest BCUT2D eigenvalue weighted by molar-refractivity contribution is 7.13. The lowest BCUT2D eigenvalue weighted by Gasteiger charge is -1.95. The Bertz CT molecular complexity index is 724. The zero-order valence-electron chi connectivity index (χ0n) is 10.1. The van der Waals surface area contributed by atoms with Crippen molar-refractivity contribution in [1.29, 1.82) is 5.26 Å². The molecule has 0 bridgehead atoms. The van der Waals surface area contributed by atoms with Crippen LogP contribution in [0.3, 0.4) is 0 Å². The molecule has 0 saturated heterocycles. The highest BCUT2D eigenvalue weighted by Crippen LogP contribution is 2.23. The summed E-state index contributed by atoms with van der Waals surface area (Å²) >= 11 is 1.01. The van der Waals surface area contributed by atoms with Crippen LogP contribution in [0.25, 0.3) is 6.08 Å². The molecule has 1 heterocycles. The van der Waals surface area contributed by atoms with Gasteiger partial charge in [-0.3, -0.25) is 14.9 Å². The minimum Gasteiger partial charge on any atom is -0.289 e. The zero-order chi connectivity index (χ0) is 14.5. The van der Waals surface area contributed by atoms with E-state index in [1.807, 2.05) is 6.07 Å². The summed E-state index contributed by atoms with van der Waals surface area (Å²) in [7, 11) is 0. The van der Waals surface area contributed by atoms with E-state index in [0.717, 1.165) is 11.3 Å². The first-order valence-corrected chi connectivity index (χ1v) is 6.43. The van der Waals surface area contributed by atoms with E-state index in [1.54, 1.807) is 29.6 Å². The summed E-state index contributed by atoms with van der Waals surface area (Å²) in [4.78, 5) is 21.9. The summed E-state index contributed by atoms with van der Waals surface area (Å²) in [5.41, 5.74) is 1.56. The number of thiophene rings is 1. The van der Waals surface area contributed by atoms with Crippen LogP contribution in [0, 0.1) is 21.4 Å². The molecule has 0 radical (unpaired) electrons. The number of allylic oxidation sites excluding steroid dienone is 1. The largest absolute Gasteiger partial charge is 0.324 e. The number of carbonyl (C=O) groups is 1. The Labute approximate surface area is 118 Å². The van der Waals surface area contributed by atoms with Gasteiger partial charge in [0.2, 0.25) is 0 Å². The second-order valence-electron chi connectivity index (χ2n) is 3.86. The average Bonchev–Trinajstić information content (AvgIpc) is 2.94. The van der Waals surface area contributed by atoms with E-state index >= 15 is 0 Å². The monoisotopic (exact) mass is 284 g/mol. The maximum Gasteiger partial charge on any atom is 0.324 e. The number of nitrogens with zero attached hydrogens (tertiary/aromatic N) is 2. The fourth-order valence-electron chi connectivity index (χ4n) is 1.50. The van der Waals surface area contributed by atoms with Crippen molar-refractivity contribution in [2.45, 2.75) is 0 Å². The molecule has 0 aliphatic rings. The molecule has 0 aliphatic heterocycles. The number of benzene rings is 1. The lowest BCUT2D eigenvalue weighted by Crippen LogP contribution is -1.93. The molecule has 1 aromatic heterocycles. The Hall–Kier alpha value is -2.78. The van der Waals surface area contributed by atoms with Crippen molar-refractivity contribution < 1.29 is 9.72 Å². The van der Waals surface area contributed by atoms with Gasteiger partial charge in [-0.05, 0) is 42.0 Å². The number of rotatable bonds is 4. The van der Waals surface area contributed by atoms with Crippen molar-refractivity contribution in [2.75, 3.05) is 0 Å². The van der Waals surface area contributed by atoms with Crippen molar-refractivity contribution in [3.05, 3.63) is 68.6 Å². The first-order valence-electron chi connectivity index (χ1n) is 5.55. The van der Waals surface area contributed by atoms with Crippen LogP contribution >= 0.6 is 11.3 Å². The molecule has 0 saturated carbocycles. The third kappa shape index (κ3) is 3.16. The Balaban J connectivity index is 2.11. The van der Waals surface area contributed by atoms with E-state index in [9.17, 15) is 14.9 Å². The SMILES string of the molecule is N#Cc1ccc(C(=O)/C=C/c2csc([N+](=O)[O-])c2)cc1. The summed E-state index contributed by atoms with van der Waals surface area (Å²) in [6.45, 7) is 0. The lowest BCUT2D eigenvalue weighted by molar-refractivity contribution is -0.380. The van der Waals surface area contributed by atoms with Crippen LogP contribution in [0.4, 0.5) is 5.00 Å². The third-order valence-corrected chi connectivity index (χ3v) is 3.41. The van der Waals surface area contributed by atoms with Crippen LogP contribution in [-0.4, -0.2) is 10.7 Å². The number of carbonyl (C=O) groups excluding carboxylic acids is 1. The van der Waals surface area contributed by atoms with Crippen molar-refractivity contribution in [3.8, 4) is 6.07 Å². The maximum atomic E-state index is 11.9. The molecule has 0 unspecified atom stereocenters. The topological polar surface area (TPSA) is 84.0 Å². The van der Waals surface area contributed by atoms with Gasteiger partial charge in [0.1, 0.15) is 0 Å². The lowest BCUT2D eigenvalue weighted by atomic mass is 10.1. The number of nitro groups is 1. The fourth-order valence-corrected chi connectivity index (χ4v) is 2.19. The molecular formula is C14H8N2O3S. The molecule has 0 spiro atoms. The van der Waals surface area contributed by atoms with Crippen molar-refractivity contribution in [1.82, 2.24) is 0 Å². The van der Waals surface area contributed by atoms with Crippen molar-refractivity contribution >= 4 is 28.2 Å². The minimum atomic E-state index is -0.468. The fraction of sp³-hybridized carbons (Fsp3) is 0. The number of hydrogen-bond acceptors (Lipinski definition) is 5. The van der Waals surface area contributed by atoms with Gasteiger partial charge >= 0.3 is 5.00 Å². The highest BCUT2D eigenvalue weighted by Gasteiger charge is 2.08. The van der Waals surface area contributed by atoms with Gasteiger partial charge in [0, 0.05) is 17.0 Å². The Morgan fingerprint density at radius 1 is 1.35 bits per heavy atom. The van der Waals surface area contributed by atoms with E-state index in [-0.39, 0.29) is 10.8 Å². The van der Waals surface area contributed by atoms with E-state index in [1.165, 1.54) is 18.2 Å². The molecule has 0 N–H and O–H groups in total. The number of nitriles is 1. The quantitative estimate of drug-likeness (QED) is 0.372. The molecular weight excluding hydrogens is 276 g/mol. The van der Waals surface area contributed by atoms with Crippen LogP contribution in [0.2, 0.25) is 0 Å². The van der Waals surface area contributed by atoms with Gasteiger partial charge in [-0.15, -0.1) is 0 Å². The summed E-state index contributed by atoms with van der Waals surface area (Å²) in [6.07, 6.45) is 2.89. The van der Waals surface area contributed by atoms with Gasteiger partial charge in [0.05, 0.1) is 16.6 Å². The minimum absolute atomic E-state index is 0.0375. The Kier molecular flexibility index (Phi) is 4.03. The average molecular weight is 284 g/mol. The van der Waals surface area contributed by atoms with Crippen LogP contribution in [-0.2, 0) is 0 Å². The molecule has 5 nitrogen and oxygen atoms in total. The molecule has 98 valence electrons. The molecule has 1 aromatic carbocycles. The van der Waals surface area contributed by atoms with Crippen LogP contribution in [0.15, 0.2) is 41.8 Å². The predicted octanol–water partition coefficient (Wildman–Crippen LogP) is 3.42. The first-order chi connectivity index (χ1) is 9.60. The number of ketones is 1. The van der Waals surface area contributed by atoms with Gasteiger partial charge in [0.15, 0.2) is 5.78 Å². The molecule has 2 aromatic rings. The standard InChI is InChI=1S/C14H8N2O3S/c15-8-10-1-4-12(5-2-10)13(17)6-3-11-7-14(16(18)19)20-9-11/h1-7,9H/b6-3+. The van der Waals surface area contributed by atoms with Gasteiger partial charge in [-0.1, -0.05) is 11.3 Å². The van der Waals surface area contributed by atoms with Crippen LogP contribution < -0.4 is 0 Å². The van der Waals surface area contributed by atoms with E-state index < -0.39 is 4.92 Å².